The zero-order valence-corrected chi connectivity index (χ0v) is 11.6. The Morgan fingerprint density at radius 2 is 2.00 bits per heavy atom. The van der Waals surface area contributed by atoms with E-state index in [9.17, 15) is 0 Å². The third-order valence-corrected chi connectivity index (χ3v) is 2.31. The molecule has 0 aromatic rings. The quantitative estimate of drug-likeness (QED) is 0.360. The van der Waals surface area contributed by atoms with Crippen LogP contribution >= 0.6 is 0 Å². The normalized spacial score (nSPS) is 13.6. The van der Waals surface area contributed by atoms with E-state index in [1.165, 1.54) is 33.9 Å². The van der Waals surface area contributed by atoms with Crippen molar-refractivity contribution in [2.75, 3.05) is 20.6 Å². The Morgan fingerprint density at radius 3 is 2.33 bits per heavy atom. The molecular weight excluding hydrogens is 186 g/mol. The van der Waals surface area contributed by atoms with E-state index in [4.69, 9.17) is 0 Å². The molecule has 0 saturated heterocycles. The van der Waals surface area contributed by atoms with Gasteiger partial charge in [0, 0.05) is 0 Å². The van der Waals surface area contributed by atoms with Gasteiger partial charge in [-0.15, -0.1) is 6.58 Å². The van der Waals surface area contributed by atoms with Gasteiger partial charge in [0.2, 0.25) is 10.4 Å². The van der Waals surface area contributed by atoms with Crippen LogP contribution in [-0.4, -0.2) is 35.2 Å². The lowest BCUT2D eigenvalue weighted by atomic mass is 10.0. The first-order valence-electron chi connectivity index (χ1n) is 4.37. The van der Waals surface area contributed by atoms with Crippen molar-refractivity contribution in [3.8, 4) is 0 Å². The molecular formula is C9H22ClNSi. The third kappa shape index (κ3) is 10.2. The number of allylic oxidation sites excluding steroid dienone is 1. The number of nitrogens with zero attached hydrogens (tertiary/aromatic N) is 1. The second-order valence-corrected chi connectivity index (χ2v) is 6.85. The summed E-state index contributed by atoms with van der Waals surface area (Å²) in [4.78, 5) is 0. The molecule has 0 fully saturated rings. The molecule has 1 unspecified atom stereocenters. The van der Waals surface area contributed by atoms with Crippen molar-refractivity contribution in [3.05, 3.63) is 12.7 Å². The van der Waals surface area contributed by atoms with Crippen LogP contribution in [0.25, 0.3) is 0 Å². The maximum Gasteiger partial charge on any atom is 0.239 e. The van der Waals surface area contributed by atoms with Gasteiger partial charge in [-0.2, -0.15) is 0 Å². The fourth-order valence-electron chi connectivity index (χ4n) is 1.01. The first-order chi connectivity index (χ1) is 4.95. The van der Waals surface area contributed by atoms with Crippen LogP contribution in [0.1, 0.15) is 19.8 Å². The zero-order valence-electron chi connectivity index (χ0n) is 8.81. The zero-order chi connectivity index (χ0) is 8.91. The molecule has 0 aromatic carbocycles. The molecule has 0 aliphatic rings. The minimum atomic E-state index is 0. The van der Waals surface area contributed by atoms with Gasteiger partial charge in [0.05, 0.1) is 20.6 Å². The highest BCUT2D eigenvalue weighted by Gasteiger charge is 2.08. The van der Waals surface area contributed by atoms with Crippen LogP contribution in [0.15, 0.2) is 12.7 Å². The molecule has 0 aliphatic carbocycles. The van der Waals surface area contributed by atoms with Gasteiger partial charge in [-0.3, -0.25) is 0 Å². The first kappa shape index (κ1) is 14.7. The number of hydrogen-bond acceptors (Lipinski definition) is 0. The van der Waals surface area contributed by atoms with Crippen molar-refractivity contribution in [2.24, 2.45) is 5.92 Å². The van der Waals surface area contributed by atoms with Crippen molar-refractivity contribution in [2.45, 2.75) is 19.8 Å². The monoisotopic (exact) mass is 207 g/mol. The van der Waals surface area contributed by atoms with Crippen LogP contribution in [0, 0.1) is 5.92 Å². The highest BCUT2D eigenvalue weighted by Crippen LogP contribution is 2.09. The van der Waals surface area contributed by atoms with Crippen LogP contribution in [-0.2, 0) is 0 Å². The van der Waals surface area contributed by atoms with E-state index in [0.29, 0.717) is 0 Å². The molecule has 0 radical (unpaired) electrons. The van der Waals surface area contributed by atoms with E-state index in [2.05, 4.69) is 27.6 Å². The topological polar surface area (TPSA) is 0 Å². The largest absolute Gasteiger partial charge is 1.00 e. The smallest absolute Gasteiger partial charge is 0.239 e. The molecule has 0 bridgehead atoms. The van der Waals surface area contributed by atoms with Gasteiger partial charge >= 0.3 is 0 Å². The summed E-state index contributed by atoms with van der Waals surface area (Å²) in [6.45, 7) is 7.37. The third-order valence-electron chi connectivity index (χ3n) is 1.86. The molecule has 0 amide bonds. The molecule has 1 atom stereocenters. The first-order valence-corrected chi connectivity index (χ1v) is 5.26. The summed E-state index contributed by atoms with van der Waals surface area (Å²) in [6, 6.07) is 0. The molecule has 12 heavy (non-hydrogen) atoms. The van der Waals surface area contributed by atoms with Gasteiger partial charge in [-0.05, 0) is 18.8 Å². The minimum absolute atomic E-state index is 0. The van der Waals surface area contributed by atoms with Crippen LogP contribution in [0.5, 0.6) is 0 Å². The van der Waals surface area contributed by atoms with E-state index in [0.717, 1.165) is 5.92 Å². The highest BCUT2D eigenvalue weighted by molar-refractivity contribution is 5.97. The molecule has 0 heterocycles. The van der Waals surface area contributed by atoms with E-state index in [1.807, 2.05) is 6.08 Å². The highest BCUT2D eigenvalue weighted by atomic mass is 35.5. The standard InChI is InChI=1S/C9H22NSi.ClH/c1-5-6-9(2)7-8-10(3,4)11;/h5,9H,1,6-8H2,2-4,11H3;1H/q+1;/p-1. The molecule has 74 valence electrons. The lowest BCUT2D eigenvalue weighted by Crippen LogP contribution is -3.00. The average Bonchev–Trinajstić information content (AvgIpc) is 1.83. The van der Waals surface area contributed by atoms with Crippen molar-refractivity contribution in [3.63, 3.8) is 0 Å². The van der Waals surface area contributed by atoms with Crippen LogP contribution in [0.3, 0.4) is 0 Å². The molecule has 0 aromatic heterocycles. The molecule has 0 saturated carbocycles. The van der Waals surface area contributed by atoms with Crippen molar-refractivity contribution in [1.82, 2.24) is 0 Å². The summed E-state index contributed by atoms with van der Waals surface area (Å²) in [5.74, 6) is 0.818. The number of quaternary nitrogens is 1. The average molecular weight is 208 g/mol. The summed E-state index contributed by atoms with van der Waals surface area (Å²) in [5, 5.41) is 0. The Bertz CT molecular complexity index is 120. The van der Waals surface area contributed by atoms with E-state index in [1.54, 1.807) is 0 Å². The molecule has 0 spiro atoms. The lowest BCUT2D eigenvalue weighted by molar-refractivity contribution is -0.774. The predicted molar refractivity (Wildman–Crippen MR) is 55.5 cm³/mol. The van der Waals surface area contributed by atoms with Crippen LogP contribution < -0.4 is 12.4 Å². The predicted octanol–water partition coefficient (Wildman–Crippen LogP) is -2.05. The number of hydrogen-bond donors (Lipinski definition) is 0. The Balaban J connectivity index is 0. The van der Waals surface area contributed by atoms with E-state index in [-0.39, 0.29) is 12.4 Å². The van der Waals surface area contributed by atoms with Gasteiger partial charge < -0.3 is 16.6 Å². The Hall–Kier alpha value is 0.207. The summed E-state index contributed by atoms with van der Waals surface area (Å²) in [5.41, 5.74) is 0. The van der Waals surface area contributed by atoms with Crippen LogP contribution in [0.4, 0.5) is 0 Å². The summed E-state index contributed by atoms with van der Waals surface area (Å²) < 4.78 is 1.21. The lowest BCUT2D eigenvalue weighted by Gasteiger charge is -2.27. The van der Waals surface area contributed by atoms with Gasteiger partial charge in [-0.25, -0.2) is 0 Å². The minimum Gasteiger partial charge on any atom is -1.00 e. The second-order valence-electron chi connectivity index (χ2n) is 4.43. The Morgan fingerprint density at radius 1 is 1.50 bits per heavy atom. The molecule has 0 aliphatic heterocycles. The maximum atomic E-state index is 3.75. The molecule has 1 nitrogen and oxygen atoms in total. The fourth-order valence-corrected chi connectivity index (χ4v) is 1.27. The number of halogens is 1. The van der Waals surface area contributed by atoms with E-state index < -0.39 is 0 Å². The Kier molecular flexibility index (Phi) is 8.21. The summed E-state index contributed by atoms with van der Waals surface area (Å²) in [6.07, 6.45) is 4.53. The summed E-state index contributed by atoms with van der Waals surface area (Å²) >= 11 is 0. The number of rotatable bonds is 5. The van der Waals surface area contributed by atoms with Gasteiger partial charge in [-0.1, -0.05) is 13.0 Å². The van der Waals surface area contributed by atoms with Gasteiger partial charge in [0.25, 0.3) is 0 Å². The maximum absolute atomic E-state index is 3.75. The van der Waals surface area contributed by atoms with Crippen molar-refractivity contribution in [1.29, 1.82) is 0 Å². The molecule has 0 rings (SSSR count). The molecule has 3 heteroatoms. The van der Waals surface area contributed by atoms with Crippen molar-refractivity contribution >= 4 is 10.4 Å². The van der Waals surface area contributed by atoms with Gasteiger partial charge in [0.1, 0.15) is 0 Å². The van der Waals surface area contributed by atoms with Gasteiger partial charge in [0.15, 0.2) is 0 Å². The molecule has 0 N–H and O–H groups in total. The fraction of sp³-hybridized carbons (Fsp3) is 0.778. The Labute approximate surface area is 86.3 Å². The SMILES string of the molecule is C=CCC(C)CC[N+](C)(C)[SiH3].[Cl-]. The second kappa shape index (κ2) is 6.69. The van der Waals surface area contributed by atoms with Crippen LogP contribution in [0.2, 0.25) is 0 Å². The summed E-state index contributed by atoms with van der Waals surface area (Å²) in [7, 11) is 5.85. The van der Waals surface area contributed by atoms with E-state index >= 15 is 0 Å². The van der Waals surface area contributed by atoms with Crippen molar-refractivity contribution < 1.29 is 16.6 Å².